The zero-order chi connectivity index (χ0) is 18.8. The minimum absolute atomic E-state index is 0.0816. The number of aromatic nitrogens is 3. The van der Waals surface area contributed by atoms with Crippen molar-refractivity contribution < 1.29 is 20.1 Å². The molecule has 0 amide bonds. The summed E-state index contributed by atoms with van der Waals surface area (Å²) in [5, 5.41) is 38.8. The van der Waals surface area contributed by atoms with E-state index < -0.39 is 24.4 Å². The van der Waals surface area contributed by atoms with Crippen molar-refractivity contribution in [2.75, 3.05) is 6.61 Å². The van der Waals surface area contributed by atoms with Crippen LogP contribution in [0, 0.1) is 0 Å². The van der Waals surface area contributed by atoms with Gasteiger partial charge < -0.3 is 24.6 Å². The highest BCUT2D eigenvalue weighted by atomic mass is 16.5. The molecule has 1 aliphatic heterocycles. The van der Waals surface area contributed by atoms with Gasteiger partial charge in [-0.25, -0.2) is 0 Å². The molecule has 1 fully saturated rings. The first kappa shape index (κ1) is 17.8. The predicted octanol–water partition coefficient (Wildman–Crippen LogP) is 1.15. The lowest BCUT2D eigenvalue weighted by Gasteiger charge is -2.34. The van der Waals surface area contributed by atoms with Gasteiger partial charge >= 0.3 is 0 Å². The fraction of sp³-hybridized carbons (Fsp3) is 0.300. The summed E-state index contributed by atoms with van der Waals surface area (Å²) < 4.78 is 7.48. The summed E-state index contributed by atoms with van der Waals surface area (Å²) in [5.41, 5.74) is 1.93. The van der Waals surface area contributed by atoms with Crippen molar-refractivity contribution >= 4 is 0 Å². The summed E-state index contributed by atoms with van der Waals surface area (Å²) in [6.45, 7) is 0.403. The van der Waals surface area contributed by atoms with Crippen LogP contribution in [0.2, 0.25) is 0 Å². The van der Waals surface area contributed by atoms with Crippen molar-refractivity contribution in [3.63, 3.8) is 0 Å². The average Bonchev–Trinajstić information content (AvgIpc) is 3.11. The van der Waals surface area contributed by atoms with Crippen LogP contribution < -0.4 is 0 Å². The van der Waals surface area contributed by atoms with Crippen LogP contribution >= 0.6 is 0 Å². The molecule has 1 aromatic heterocycles. The van der Waals surface area contributed by atoms with Crippen LogP contribution in [0.5, 0.6) is 0 Å². The Labute approximate surface area is 156 Å². The molecule has 27 heavy (non-hydrogen) atoms. The normalized spacial score (nSPS) is 25.4. The monoisotopic (exact) mass is 367 g/mol. The standard InChI is InChI=1S/C20H21N3O4/c24-15-12-27-18(17(26)16(15)25)20-22-21-19(14-9-5-2-6-10-14)23(20)11-13-7-3-1-4-8-13/h1-10,15-18,24-26H,11-12H2/t15-,16+,17-,18-/m1/s1. The Morgan fingerprint density at radius 3 is 2.26 bits per heavy atom. The van der Waals surface area contributed by atoms with E-state index in [1.807, 2.05) is 65.2 Å². The zero-order valence-corrected chi connectivity index (χ0v) is 14.6. The molecule has 1 saturated heterocycles. The van der Waals surface area contributed by atoms with Gasteiger partial charge in [0, 0.05) is 5.56 Å². The van der Waals surface area contributed by atoms with Gasteiger partial charge in [-0.05, 0) is 5.56 Å². The van der Waals surface area contributed by atoms with Crippen molar-refractivity contribution in [1.29, 1.82) is 0 Å². The van der Waals surface area contributed by atoms with Gasteiger partial charge in [-0.1, -0.05) is 60.7 Å². The Kier molecular flexibility index (Phi) is 5.00. The Hall–Kier alpha value is -2.58. The van der Waals surface area contributed by atoms with E-state index in [2.05, 4.69) is 10.2 Å². The molecule has 0 bridgehead atoms. The predicted molar refractivity (Wildman–Crippen MR) is 97.7 cm³/mol. The molecule has 0 saturated carbocycles. The fourth-order valence-electron chi connectivity index (χ4n) is 3.28. The van der Waals surface area contributed by atoms with E-state index in [4.69, 9.17) is 4.74 Å². The van der Waals surface area contributed by atoms with Crippen LogP contribution in [0.1, 0.15) is 17.5 Å². The van der Waals surface area contributed by atoms with Gasteiger partial charge in [0.05, 0.1) is 13.2 Å². The second kappa shape index (κ2) is 7.58. The molecule has 0 spiro atoms. The van der Waals surface area contributed by atoms with Crippen LogP contribution in [0.3, 0.4) is 0 Å². The maximum Gasteiger partial charge on any atom is 0.165 e. The number of benzene rings is 2. The molecule has 0 aliphatic carbocycles. The molecule has 4 atom stereocenters. The Balaban J connectivity index is 1.76. The SMILES string of the molecule is O[C@@H]1[C@@H](O)[C@H](c2nnc(-c3ccccc3)n2Cc2ccccc2)OC[C@H]1O. The van der Waals surface area contributed by atoms with Crippen molar-refractivity contribution in [2.24, 2.45) is 0 Å². The molecule has 7 nitrogen and oxygen atoms in total. The molecule has 2 aromatic carbocycles. The third kappa shape index (κ3) is 3.50. The zero-order valence-electron chi connectivity index (χ0n) is 14.6. The molecule has 0 unspecified atom stereocenters. The maximum absolute atomic E-state index is 10.4. The first-order valence-corrected chi connectivity index (χ1v) is 8.83. The number of aliphatic hydroxyl groups excluding tert-OH is 3. The molecule has 7 heteroatoms. The van der Waals surface area contributed by atoms with E-state index in [0.717, 1.165) is 11.1 Å². The third-order valence-electron chi connectivity index (χ3n) is 4.75. The highest BCUT2D eigenvalue weighted by Gasteiger charge is 2.41. The largest absolute Gasteiger partial charge is 0.388 e. The molecule has 4 rings (SSSR count). The number of nitrogens with zero attached hydrogens (tertiary/aromatic N) is 3. The first-order valence-electron chi connectivity index (χ1n) is 8.83. The third-order valence-corrected chi connectivity index (χ3v) is 4.75. The van der Waals surface area contributed by atoms with E-state index in [1.165, 1.54) is 0 Å². The van der Waals surface area contributed by atoms with Gasteiger partial charge in [-0.2, -0.15) is 0 Å². The van der Waals surface area contributed by atoms with Gasteiger partial charge in [0.1, 0.15) is 24.4 Å². The minimum atomic E-state index is -1.30. The molecular weight excluding hydrogens is 346 g/mol. The number of aliphatic hydroxyl groups is 3. The van der Waals surface area contributed by atoms with Crippen LogP contribution in [-0.2, 0) is 11.3 Å². The van der Waals surface area contributed by atoms with E-state index in [0.29, 0.717) is 18.2 Å². The molecule has 0 radical (unpaired) electrons. The lowest BCUT2D eigenvalue weighted by Crippen LogP contribution is -2.49. The topological polar surface area (TPSA) is 101 Å². The van der Waals surface area contributed by atoms with Crippen LogP contribution in [0.25, 0.3) is 11.4 Å². The first-order chi connectivity index (χ1) is 13.1. The van der Waals surface area contributed by atoms with Gasteiger partial charge in [-0.3, -0.25) is 0 Å². The van der Waals surface area contributed by atoms with Crippen molar-refractivity contribution in [3.05, 3.63) is 72.1 Å². The maximum atomic E-state index is 10.4. The smallest absolute Gasteiger partial charge is 0.165 e. The minimum Gasteiger partial charge on any atom is -0.388 e. The van der Waals surface area contributed by atoms with Crippen LogP contribution in [0.4, 0.5) is 0 Å². The lowest BCUT2D eigenvalue weighted by atomic mass is 9.99. The van der Waals surface area contributed by atoms with Crippen molar-refractivity contribution in [1.82, 2.24) is 14.8 Å². The second-order valence-corrected chi connectivity index (χ2v) is 6.62. The molecule has 3 N–H and O–H groups in total. The number of hydrogen-bond acceptors (Lipinski definition) is 6. The molecular formula is C20H21N3O4. The van der Waals surface area contributed by atoms with Gasteiger partial charge in [0.2, 0.25) is 0 Å². The quantitative estimate of drug-likeness (QED) is 0.640. The fourth-order valence-corrected chi connectivity index (χ4v) is 3.28. The number of rotatable bonds is 4. The summed E-state index contributed by atoms with van der Waals surface area (Å²) in [7, 11) is 0. The highest BCUT2D eigenvalue weighted by molar-refractivity contribution is 5.55. The van der Waals surface area contributed by atoms with E-state index in [9.17, 15) is 15.3 Å². The second-order valence-electron chi connectivity index (χ2n) is 6.62. The molecule has 2 heterocycles. The van der Waals surface area contributed by atoms with E-state index in [1.54, 1.807) is 0 Å². The Morgan fingerprint density at radius 2 is 1.56 bits per heavy atom. The number of ether oxygens (including phenoxy) is 1. The Morgan fingerprint density at radius 1 is 0.889 bits per heavy atom. The molecule has 3 aromatic rings. The number of hydrogen-bond donors (Lipinski definition) is 3. The summed E-state index contributed by atoms with van der Waals surface area (Å²) >= 11 is 0. The lowest BCUT2D eigenvalue weighted by molar-refractivity contribution is -0.192. The summed E-state index contributed by atoms with van der Waals surface area (Å²) in [6, 6.07) is 19.5. The molecule has 140 valence electrons. The highest BCUT2D eigenvalue weighted by Crippen LogP contribution is 2.31. The Bertz CT molecular complexity index is 885. The van der Waals surface area contributed by atoms with E-state index in [-0.39, 0.29) is 6.61 Å². The van der Waals surface area contributed by atoms with Crippen LogP contribution in [0.15, 0.2) is 60.7 Å². The summed E-state index contributed by atoms with van der Waals surface area (Å²) in [6.07, 6.45) is -4.60. The van der Waals surface area contributed by atoms with Gasteiger partial charge in [0.25, 0.3) is 0 Å². The van der Waals surface area contributed by atoms with Crippen LogP contribution in [-0.4, -0.2) is 55.0 Å². The van der Waals surface area contributed by atoms with Gasteiger partial charge in [0.15, 0.2) is 11.6 Å². The van der Waals surface area contributed by atoms with Crippen molar-refractivity contribution in [2.45, 2.75) is 31.0 Å². The van der Waals surface area contributed by atoms with Crippen molar-refractivity contribution in [3.8, 4) is 11.4 Å². The summed E-state index contributed by atoms with van der Waals surface area (Å²) in [5.74, 6) is 1.06. The average molecular weight is 367 g/mol. The van der Waals surface area contributed by atoms with E-state index >= 15 is 0 Å². The molecule has 1 aliphatic rings. The summed E-state index contributed by atoms with van der Waals surface area (Å²) in [4.78, 5) is 0. The van der Waals surface area contributed by atoms with Gasteiger partial charge in [-0.15, -0.1) is 10.2 Å².